The fourth-order valence-corrected chi connectivity index (χ4v) is 3.86. The summed E-state index contributed by atoms with van der Waals surface area (Å²) in [7, 11) is 7.03. The van der Waals surface area contributed by atoms with Crippen LogP contribution in [0.2, 0.25) is 0 Å². The van der Waals surface area contributed by atoms with Gasteiger partial charge in [-0.1, -0.05) is 0 Å². The van der Waals surface area contributed by atoms with Gasteiger partial charge in [0.25, 0.3) is 0 Å². The third-order valence-electron chi connectivity index (χ3n) is 5.51. The van der Waals surface area contributed by atoms with Crippen LogP contribution in [0.1, 0.15) is 22.3 Å². The lowest BCUT2D eigenvalue weighted by molar-refractivity contribution is 0.101. The van der Waals surface area contributed by atoms with Gasteiger partial charge in [-0.2, -0.15) is 0 Å². The van der Waals surface area contributed by atoms with E-state index in [0.29, 0.717) is 17.0 Å². The Morgan fingerprint density at radius 1 is 1.18 bits per heavy atom. The van der Waals surface area contributed by atoms with Gasteiger partial charge < -0.3 is 23.7 Å². The first-order valence-corrected chi connectivity index (χ1v) is 10.6. The molecule has 172 valence electrons. The van der Waals surface area contributed by atoms with E-state index in [1.165, 1.54) is 7.11 Å². The van der Waals surface area contributed by atoms with Gasteiger partial charge in [-0.15, -0.1) is 0 Å². The Hall–Kier alpha value is -3.78. The van der Waals surface area contributed by atoms with Crippen LogP contribution >= 0.6 is 0 Å². The van der Waals surface area contributed by atoms with Crippen molar-refractivity contribution in [1.29, 1.82) is 0 Å². The normalized spacial score (nSPS) is 14.0. The number of anilines is 1. The van der Waals surface area contributed by atoms with Crippen LogP contribution in [0.5, 0.6) is 11.5 Å². The second-order valence-electron chi connectivity index (χ2n) is 8.09. The lowest BCUT2D eigenvalue weighted by Crippen LogP contribution is -2.14. The summed E-state index contributed by atoms with van der Waals surface area (Å²) in [6, 6.07) is 10.8. The topological polar surface area (TPSA) is 82.0 Å². The molecule has 0 saturated carbocycles. The summed E-state index contributed by atoms with van der Waals surface area (Å²) in [5, 5.41) is 3.54. The van der Waals surface area contributed by atoms with E-state index in [-0.39, 0.29) is 11.5 Å². The van der Waals surface area contributed by atoms with Crippen molar-refractivity contribution in [3.8, 4) is 11.5 Å². The van der Waals surface area contributed by atoms with Crippen molar-refractivity contribution in [2.45, 2.75) is 13.0 Å². The van der Waals surface area contributed by atoms with Crippen LogP contribution in [-0.4, -0.2) is 56.2 Å². The number of fused-ring (bicyclic) bond motifs is 2. The van der Waals surface area contributed by atoms with Crippen LogP contribution in [0.25, 0.3) is 17.0 Å². The molecule has 0 unspecified atom stereocenters. The van der Waals surface area contributed by atoms with Crippen LogP contribution in [0.4, 0.5) is 10.5 Å². The van der Waals surface area contributed by atoms with E-state index in [1.54, 1.807) is 31.4 Å². The number of carbonyl (C=O) groups is 2. The lowest BCUT2D eigenvalue weighted by atomic mass is 10.1. The van der Waals surface area contributed by atoms with E-state index in [1.807, 2.05) is 24.4 Å². The molecule has 33 heavy (non-hydrogen) atoms. The van der Waals surface area contributed by atoms with Crippen molar-refractivity contribution in [3.63, 3.8) is 0 Å². The third kappa shape index (κ3) is 4.70. The molecule has 1 amide bonds. The summed E-state index contributed by atoms with van der Waals surface area (Å²) in [6.45, 7) is 1.83. The first-order chi connectivity index (χ1) is 15.9. The maximum atomic E-state index is 13.0. The number of ketones is 1. The number of aromatic nitrogens is 1. The first kappa shape index (κ1) is 22.4. The number of methoxy groups -OCH3 is 2. The molecule has 0 saturated heterocycles. The van der Waals surface area contributed by atoms with Crippen LogP contribution in [-0.2, 0) is 11.3 Å². The molecular weight excluding hydrogens is 422 g/mol. The Balaban J connectivity index is 1.67. The third-order valence-corrected chi connectivity index (χ3v) is 5.51. The fourth-order valence-electron chi connectivity index (χ4n) is 3.86. The maximum absolute atomic E-state index is 13.0. The minimum Gasteiger partial charge on any atom is -0.497 e. The number of aryl methyl sites for hydroxylation is 1. The molecule has 0 atom stereocenters. The predicted octanol–water partition coefficient (Wildman–Crippen LogP) is 4.40. The summed E-state index contributed by atoms with van der Waals surface area (Å²) < 4.78 is 18.1. The van der Waals surface area contributed by atoms with Gasteiger partial charge in [-0.3, -0.25) is 10.1 Å². The zero-order valence-electron chi connectivity index (χ0n) is 19.2. The molecule has 0 aliphatic carbocycles. The average Bonchev–Trinajstić information content (AvgIpc) is 3.30. The number of rotatable bonds is 7. The second-order valence-corrected chi connectivity index (χ2v) is 8.09. The van der Waals surface area contributed by atoms with Gasteiger partial charge in [0.1, 0.15) is 11.5 Å². The summed E-state index contributed by atoms with van der Waals surface area (Å²) in [5.74, 6) is 1.19. The number of carbonyl (C=O) groups excluding carboxylic acids is 2. The number of amides is 1. The van der Waals surface area contributed by atoms with Gasteiger partial charge in [-0.25, -0.2) is 4.79 Å². The highest BCUT2D eigenvalue weighted by atomic mass is 16.5. The number of nitrogens with one attached hydrogen (secondary N) is 1. The Labute approximate surface area is 192 Å². The molecule has 1 aliphatic heterocycles. The molecule has 8 nitrogen and oxygen atoms in total. The van der Waals surface area contributed by atoms with E-state index >= 15 is 0 Å². The highest BCUT2D eigenvalue weighted by Crippen LogP contribution is 2.35. The van der Waals surface area contributed by atoms with E-state index in [0.717, 1.165) is 41.7 Å². The molecule has 3 aromatic rings. The summed E-state index contributed by atoms with van der Waals surface area (Å²) >= 11 is 0. The zero-order chi connectivity index (χ0) is 23.5. The number of allylic oxidation sites excluding steroid dienone is 1. The summed E-state index contributed by atoms with van der Waals surface area (Å²) in [6.07, 6.45) is 4.19. The molecule has 4 rings (SSSR count). The SMILES string of the molecule is COC(=O)Nc1ccc2c(c1)C(=O)C(=Cc1cn(CCCN(C)C)c3ccc(OC)cc13)O2. The number of hydrogen-bond acceptors (Lipinski definition) is 6. The van der Waals surface area contributed by atoms with Crippen LogP contribution in [0.15, 0.2) is 48.4 Å². The highest BCUT2D eigenvalue weighted by Gasteiger charge is 2.28. The number of ether oxygens (including phenoxy) is 3. The van der Waals surface area contributed by atoms with Gasteiger partial charge >= 0.3 is 6.09 Å². The molecule has 1 aliphatic rings. The van der Waals surface area contributed by atoms with Crippen molar-refractivity contribution >= 4 is 34.5 Å². The standard InChI is InChI=1S/C25H27N3O5/c1-27(2)10-5-11-28-15-16(19-14-18(31-3)7-8-21(19)28)12-23-24(29)20-13-17(26-25(30)32-4)6-9-22(20)33-23/h6-9,12-15H,5,10-11H2,1-4H3,(H,26,30). The number of nitrogens with zero attached hydrogens (tertiary/aromatic N) is 2. The lowest BCUT2D eigenvalue weighted by Gasteiger charge is -2.10. The molecule has 8 heteroatoms. The van der Waals surface area contributed by atoms with E-state index in [9.17, 15) is 9.59 Å². The molecule has 2 heterocycles. The van der Waals surface area contributed by atoms with E-state index < -0.39 is 6.09 Å². The number of benzene rings is 2. The molecule has 0 spiro atoms. The quantitative estimate of drug-likeness (QED) is 0.539. The van der Waals surface area contributed by atoms with Gasteiger partial charge in [0.15, 0.2) is 5.76 Å². The van der Waals surface area contributed by atoms with Crippen molar-refractivity contribution in [3.05, 3.63) is 59.5 Å². The summed E-state index contributed by atoms with van der Waals surface area (Å²) in [4.78, 5) is 26.7. The molecular formula is C25H27N3O5. The van der Waals surface area contributed by atoms with Crippen molar-refractivity contribution in [2.75, 3.05) is 40.2 Å². The smallest absolute Gasteiger partial charge is 0.411 e. The minimum atomic E-state index is -0.604. The van der Waals surface area contributed by atoms with Crippen molar-refractivity contribution in [2.24, 2.45) is 0 Å². The van der Waals surface area contributed by atoms with Crippen LogP contribution < -0.4 is 14.8 Å². The maximum Gasteiger partial charge on any atom is 0.411 e. The van der Waals surface area contributed by atoms with Gasteiger partial charge in [0.05, 0.1) is 19.8 Å². The van der Waals surface area contributed by atoms with Crippen molar-refractivity contribution in [1.82, 2.24) is 9.47 Å². The zero-order valence-corrected chi connectivity index (χ0v) is 19.2. The highest BCUT2D eigenvalue weighted by molar-refractivity contribution is 6.15. The second kappa shape index (κ2) is 9.38. The van der Waals surface area contributed by atoms with E-state index in [2.05, 4.69) is 33.6 Å². The number of hydrogen-bond donors (Lipinski definition) is 1. The first-order valence-electron chi connectivity index (χ1n) is 10.6. The minimum absolute atomic E-state index is 0.232. The van der Waals surface area contributed by atoms with Gasteiger partial charge in [0.2, 0.25) is 5.78 Å². The van der Waals surface area contributed by atoms with Crippen molar-refractivity contribution < 1.29 is 23.8 Å². The van der Waals surface area contributed by atoms with Crippen LogP contribution in [0, 0.1) is 0 Å². The van der Waals surface area contributed by atoms with Crippen LogP contribution in [0.3, 0.4) is 0 Å². The predicted molar refractivity (Wildman–Crippen MR) is 127 cm³/mol. The summed E-state index contributed by atoms with van der Waals surface area (Å²) in [5.41, 5.74) is 2.79. The largest absolute Gasteiger partial charge is 0.497 e. The Morgan fingerprint density at radius 3 is 2.73 bits per heavy atom. The monoisotopic (exact) mass is 449 g/mol. The van der Waals surface area contributed by atoms with E-state index in [4.69, 9.17) is 9.47 Å². The molecule has 1 aromatic heterocycles. The molecule has 1 N–H and O–H groups in total. The molecule has 2 aromatic carbocycles. The Morgan fingerprint density at radius 2 is 2.00 bits per heavy atom. The van der Waals surface area contributed by atoms with Gasteiger partial charge in [-0.05, 0) is 69.5 Å². The number of Topliss-reactive ketones (excluding diaryl/α,β-unsaturated/α-hetero) is 1. The van der Waals surface area contributed by atoms with Gasteiger partial charge in [0, 0.05) is 34.9 Å². The molecule has 0 bridgehead atoms. The fraction of sp³-hybridized carbons (Fsp3) is 0.280. The Kier molecular flexibility index (Phi) is 6.37. The molecule has 0 radical (unpaired) electrons. The Bertz CT molecular complexity index is 1240. The average molecular weight is 450 g/mol. The molecule has 0 fully saturated rings.